The Morgan fingerprint density at radius 2 is 1.77 bits per heavy atom. The molecule has 0 aliphatic carbocycles. The third-order valence-electron chi connectivity index (χ3n) is 4.53. The fourth-order valence-electron chi connectivity index (χ4n) is 2.99. The smallest absolute Gasteiger partial charge is 0.255 e. The number of pyridine rings is 2. The van der Waals surface area contributed by atoms with E-state index in [0.717, 1.165) is 22.4 Å². The molecule has 3 aromatic rings. The van der Waals surface area contributed by atoms with E-state index in [0.29, 0.717) is 31.0 Å². The molecule has 2 aromatic heterocycles. The second-order valence-corrected chi connectivity index (χ2v) is 6.86. The van der Waals surface area contributed by atoms with Crippen LogP contribution in [0.4, 0.5) is 5.82 Å². The summed E-state index contributed by atoms with van der Waals surface area (Å²) in [5.74, 6) is 0.113. The van der Waals surface area contributed by atoms with Gasteiger partial charge in [0, 0.05) is 44.5 Å². The summed E-state index contributed by atoms with van der Waals surface area (Å²) in [5.41, 5.74) is 4.34. The largest absolute Gasteiger partial charge is 0.365 e. The number of carbonyl (C=O) groups is 2. The summed E-state index contributed by atoms with van der Waals surface area (Å²) in [6.07, 6.45) is 3.49. The minimum absolute atomic E-state index is 0.132. The Balaban J connectivity index is 1.83. The van der Waals surface area contributed by atoms with Crippen LogP contribution >= 0.6 is 0 Å². The quantitative estimate of drug-likeness (QED) is 0.503. The predicted octanol–water partition coefficient (Wildman–Crippen LogP) is 2.93. The number of carbonyl (C=O) groups excluding carboxylic acids is 2. The van der Waals surface area contributed by atoms with E-state index in [9.17, 15) is 9.59 Å². The Morgan fingerprint density at radius 3 is 2.50 bits per heavy atom. The summed E-state index contributed by atoms with van der Waals surface area (Å²) >= 11 is 0. The Bertz CT molecular complexity index is 1020. The summed E-state index contributed by atoms with van der Waals surface area (Å²) in [6.45, 7) is 4.66. The van der Waals surface area contributed by atoms with Crippen LogP contribution in [0.1, 0.15) is 28.4 Å². The Hall–Kier alpha value is -3.74. The van der Waals surface area contributed by atoms with Crippen LogP contribution in [-0.2, 0) is 11.3 Å². The lowest BCUT2D eigenvalue weighted by Gasteiger charge is -2.14. The van der Waals surface area contributed by atoms with Gasteiger partial charge in [-0.1, -0.05) is 30.3 Å². The van der Waals surface area contributed by atoms with Crippen molar-refractivity contribution in [2.45, 2.75) is 20.4 Å². The molecule has 30 heavy (non-hydrogen) atoms. The first-order valence-electron chi connectivity index (χ1n) is 9.77. The Labute approximate surface area is 176 Å². The highest BCUT2D eigenvalue weighted by Crippen LogP contribution is 2.25. The highest BCUT2D eigenvalue weighted by atomic mass is 16.2. The molecule has 154 valence electrons. The van der Waals surface area contributed by atoms with Crippen molar-refractivity contribution < 1.29 is 9.59 Å². The molecule has 3 rings (SSSR count). The number of hydrogen-bond donors (Lipinski definition) is 3. The van der Waals surface area contributed by atoms with Crippen molar-refractivity contribution in [3.63, 3.8) is 0 Å². The number of hydrogen-bond acceptors (Lipinski definition) is 5. The molecule has 0 bridgehead atoms. The van der Waals surface area contributed by atoms with Crippen molar-refractivity contribution in [2.24, 2.45) is 0 Å². The molecule has 0 atom stereocenters. The van der Waals surface area contributed by atoms with E-state index in [4.69, 9.17) is 4.98 Å². The van der Waals surface area contributed by atoms with Gasteiger partial charge in [0.15, 0.2) is 0 Å². The molecule has 0 radical (unpaired) electrons. The lowest BCUT2D eigenvalue weighted by Crippen LogP contribution is -2.34. The molecule has 3 N–H and O–H groups in total. The molecule has 0 saturated carbocycles. The summed E-state index contributed by atoms with van der Waals surface area (Å²) in [4.78, 5) is 32.6. The first-order valence-corrected chi connectivity index (χ1v) is 9.77. The second-order valence-electron chi connectivity index (χ2n) is 6.86. The van der Waals surface area contributed by atoms with Gasteiger partial charge >= 0.3 is 0 Å². The first-order chi connectivity index (χ1) is 14.5. The van der Waals surface area contributed by atoms with E-state index < -0.39 is 0 Å². The average molecular weight is 403 g/mol. The number of nitrogens with one attached hydrogen (secondary N) is 3. The normalized spacial score (nSPS) is 10.3. The van der Waals surface area contributed by atoms with Crippen LogP contribution in [0.15, 0.2) is 60.9 Å². The minimum Gasteiger partial charge on any atom is -0.365 e. The van der Waals surface area contributed by atoms with Crippen molar-refractivity contribution in [3.8, 4) is 11.3 Å². The predicted molar refractivity (Wildman–Crippen MR) is 117 cm³/mol. The second kappa shape index (κ2) is 10.2. The van der Waals surface area contributed by atoms with Gasteiger partial charge in [-0.3, -0.25) is 14.6 Å². The summed E-state index contributed by atoms with van der Waals surface area (Å²) < 4.78 is 0. The summed E-state index contributed by atoms with van der Waals surface area (Å²) in [7, 11) is 0. The molecule has 7 nitrogen and oxygen atoms in total. The van der Waals surface area contributed by atoms with Crippen LogP contribution in [0.3, 0.4) is 0 Å². The van der Waals surface area contributed by atoms with Gasteiger partial charge in [-0.2, -0.15) is 0 Å². The molecule has 0 saturated heterocycles. The zero-order valence-electron chi connectivity index (χ0n) is 17.1. The molecule has 7 heteroatoms. The average Bonchev–Trinajstić information content (AvgIpc) is 2.76. The third-order valence-corrected chi connectivity index (χ3v) is 4.53. The standard InChI is InChI=1S/C23H25N5O2/c1-16-6-3-4-8-19(16)21-10-9-20(23(30)26-13-12-25-17(2)29)22(28-21)27-15-18-7-5-11-24-14-18/h3-11,14H,12-13,15H2,1-2H3,(H,25,29)(H,26,30)(H,27,28). The van der Waals surface area contributed by atoms with Crippen LogP contribution in [0.2, 0.25) is 0 Å². The molecule has 0 aliphatic heterocycles. The van der Waals surface area contributed by atoms with E-state index in [1.165, 1.54) is 6.92 Å². The van der Waals surface area contributed by atoms with Crippen molar-refractivity contribution in [1.82, 2.24) is 20.6 Å². The van der Waals surface area contributed by atoms with Crippen LogP contribution in [0.5, 0.6) is 0 Å². The molecule has 0 fully saturated rings. The molecule has 2 heterocycles. The van der Waals surface area contributed by atoms with E-state index in [1.54, 1.807) is 18.5 Å². The van der Waals surface area contributed by atoms with Gasteiger partial charge in [-0.05, 0) is 36.2 Å². The zero-order chi connectivity index (χ0) is 21.3. The number of nitrogens with zero attached hydrogens (tertiary/aromatic N) is 2. The van der Waals surface area contributed by atoms with Crippen LogP contribution in [0, 0.1) is 6.92 Å². The summed E-state index contributed by atoms with van der Waals surface area (Å²) in [6, 6.07) is 15.4. The van der Waals surface area contributed by atoms with Gasteiger partial charge in [0.2, 0.25) is 5.91 Å². The Kier molecular flexibility index (Phi) is 7.10. The fraction of sp³-hybridized carbons (Fsp3) is 0.217. The van der Waals surface area contributed by atoms with Crippen LogP contribution in [-0.4, -0.2) is 34.9 Å². The first kappa shape index (κ1) is 21.0. The monoisotopic (exact) mass is 403 g/mol. The Morgan fingerprint density at radius 1 is 0.967 bits per heavy atom. The number of benzene rings is 1. The third kappa shape index (κ3) is 5.64. The lowest BCUT2D eigenvalue weighted by atomic mass is 10.0. The minimum atomic E-state index is -0.252. The van der Waals surface area contributed by atoms with Gasteiger partial charge in [0.25, 0.3) is 5.91 Å². The fourth-order valence-corrected chi connectivity index (χ4v) is 2.99. The maximum absolute atomic E-state index is 12.7. The van der Waals surface area contributed by atoms with Crippen molar-refractivity contribution in [3.05, 3.63) is 77.6 Å². The number of amides is 2. The van der Waals surface area contributed by atoms with Gasteiger partial charge in [-0.15, -0.1) is 0 Å². The molecule has 0 aliphatic rings. The summed E-state index contributed by atoms with van der Waals surface area (Å²) in [5, 5.41) is 8.74. The molecular weight excluding hydrogens is 378 g/mol. The van der Waals surface area contributed by atoms with E-state index >= 15 is 0 Å². The maximum Gasteiger partial charge on any atom is 0.255 e. The number of rotatable bonds is 8. The van der Waals surface area contributed by atoms with Gasteiger partial charge < -0.3 is 16.0 Å². The van der Waals surface area contributed by atoms with E-state index in [1.807, 2.05) is 49.4 Å². The number of aromatic nitrogens is 2. The highest BCUT2D eigenvalue weighted by molar-refractivity contribution is 5.99. The van der Waals surface area contributed by atoms with Crippen molar-refractivity contribution in [1.29, 1.82) is 0 Å². The van der Waals surface area contributed by atoms with E-state index in [-0.39, 0.29) is 11.8 Å². The molecule has 1 aromatic carbocycles. The lowest BCUT2D eigenvalue weighted by molar-refractivity contribution is -0.118. The van der Waals surface area contributed by atoms with Crippen molar-refractivity contribution >= 4 is 17.6 Å². The van der Waals surface area contributed by atoms with Gasteiger partial charge in [0.05, 0.1) is 11.3 Å². The maximum atomic E-state index is 12.7. The van der Waals surface area contributed by atoms with Gasteiger partial charge in [0.1, 0.15) is 5.82 Å². The van der Waals surface area contributed by atoms with Gasteiger partial charge in [-0.25, -0.2) is 4.98 Å². The number of aryl methyl sites for hydroxylation is 1. The van der Waals surface area contributed by atoms with Crippen LogP contribution < -0.4 is 16.0 Å². The zero-order valence-corrected chi connectivity index (χ0v) is 17.1. The molecular formula is C23H25N5O2. The van der Waals surface area contributed by atoms with Crippen LogP contribution in [0.25, 0.3) is 11.3 Å². The number of anilines is 1. The molecule has 0 unspecified atom stereocenters. The van der Waals surface area contributed by atoms with E-state index in [2.05, 4.69) is 20.9 Å². The molecule has 2 amide bonds. The van der Waals surface area contributed by atoms with Crippen molar-refractivity contribution in [2.75, 3.05) is 18.4 Å². The topological polar surface area (TPSA) is 96.0 Å². The molecule has 0 spiro atoms. The highest BCUT2D eigenvalue weighted by Gasteiger charge is 2.15. The SMILES string of the molecule is CC(=O)NCCNC(=O)c1ccc(-c2ccccc2C)nc1NCc1cccnc1.